The lowest BCUT2D eigenvalue weighted by Crippen LogP contribution is -2.33. The van der Waals surface area contributed by atoms with Crippen LogP contribution in [0.4, 0.5) is 0 Å². The molecule has 0 aromatic heterocycles. The predicted molar refractivity (Wildman–Crippen MR) is 84.3 cm³/mol. The van der Waals surface area contributed by atoms with Gasteiger partial charge in [0.15, 0.2) is 0 Å². The van der Waals surface area contributed by atoms with Gasteiger partial charge in [0.05, 0.1) is 13.2 Å². The summed E-state index contributed by atoms with van der Waals surface area (Å²) in [5, 5.41) is 0. The molecule has 1 fully saturated rings. The fourth-order valence-electron chi connectivity index (χ4n) is 2.27. The van der Waals surface area contributed by atoms with Crippen molar-refractivity contribution < 1.29 is 9.47 Å². The largest absolute Gasteiger partial charge is 0.494 e. The van der Waals surface area contributed by atoms with E-state index in [0.29, 0.717) is 17.6 Å². The molecule has 1 aromatic carbocycles. The second kappa shape index (κ2) is 7.57. The minimum atomic E-state index is 0.414. The molecular weight excluding hydrogens is 272 g/mol. The number of nitrogens with zero attached hydrogens (tertiary/aromatic N) is 1. The van der Waals surface area contributed by atoms with Crippen molar-refractivity contribution in [2.24, 2.45) is 5.73 Å². The second-order valence-electron chi connectivity index (χ2n) is 5.09. The molecule has 0 amide bonds. The number of rotatable bonds is 7. The fraction of sp³-hybridized carbons (Fsp3) is 0.533. The van der Waals surface area contributed by atoms with Crippen LogP contribution in [0.15, 0.2) is 24.3 Å². The Balaban J connectivity index is 1.66. The summed E-state index contributed by atoms with van der Waals surface area (Å²) in [5.74, 6) is 0.858. The van der Waals surface area contributed by atoms with Gasteiger partial charge in [-0.3, -0.25) is 0 Å². The highest BCUT2D eigenvalue weighted by Crippen LogP contribution is 2.13. The SMILES string of the molecule is CN(CCCOc1ccc(C(N)=S)cc1)C1CCOC1. The third-order valence-electron chi connectivity index (χ3n) is 3.59. The summed E-state index contributed by atoms with van der Waals surface area (Å²) >= 11 is 4.91. The van der Waals surface area contributed by atoms with E-state index in [9.17, 15) is 0 Å². The Morgan fingerprint density at radius 3 is 2.80 bits per heavy atom. The van der Waals surface area contributed by atoms with Gasteiger partial charge in [0.25, 0.3) is 0 Å². The van der Waals surface area contributed by atoms with Crippen molar-refractivity contribution in [1.29, 1.82) is 0 Å². The van der Waals surface area contributed by atoms with Crippen molar-refractivity contribution in [3.8, 4) is 5.75 Å². The van der Waals surface area contributed by atoms with Crippen LogP contribution in [0.2, 0.25) is 0 Å². The highest BCUT2D eigenvalue weighted by molar-refractivity contribution is 7.80. The van der Waals surface area contributed by atoms with Gasteiger partial charge in [-0.05, 0) is 44.2 Å². The summed E-state index contributed by atoms with van der Waals surface area (Å²) in [5.41, 5.74) is 6.42. The first-order chi connectivity index (χ1) is 9.66. The van der Waals surface area contributed by atoms with E-state index in [-0.39, 0.29) is 0 Å². The molecule has 4 nitrogen and oxygen atoms in total. The first-order valence-corrected chi connectivity index (χ1v) is 7.38. The van der Waals surface area contributed by atoms with Crippen LogP contribution < -0.4 is 10.5 Å². The van der Waals surface area contributed by atoms with E-state index in [2.05, 4.69) is 11.9 Å². The zero-order valence-electron chi connectivity index (χ0n) is 11.9. The molecule has 110 valence electrons. The average Bonchev–Trinajstić information content (AvgIpc) is 2.98. The third kappa shape index (κ3) is 4.44. The van der Waals surface area contributed by atoms with E-state index in [1.165, 1.54) is 0 Å². The molecule has 1 aliphatic rings. The maximum Gasteiger partial charge on any atom is 0.119 e. The van der Waals surface area contributed by atoms with Crippen LogP contribution in [0.5, 0.6) is 5.75 Å². The number of benzene rings is 1. The molecule has 0 saturated carbocycles. The summed E-state index contributed by atoms with van der Waals surface area (Å²) < 4.78 is 11.1. The van der Waals surface area contributed by atoms with Gasteiger partial charge in [-0.1, -0.05) is 12.2 Å². The number of ether oxygens (including phenoxy) is 2. The van der Waals surface area contributed by atoms with Crippen molar-refractivity contribution in [3.05, 3.63) is 29.8 Å². The molecule has 0 aliphatic carbocycles. The van der Waals surface area contributed by atoms with Gasteiger partial charge < -0.3 is 20.1 Å². The van der Waals surface area contributed by atoms with Gasteiger partial charge in [0, 0.05) is 24.8 Å². The van der Waals surface area contributed by atoms with E-state index in [4.69, 9.17) is 27.4 Å². The zero-order chi connectivity index (χ0) is 14.4. The maximum absolute atomic E-state index is 5.71. The third-order valence-corrected chi connectivity index (χ3v) is 3.83. The van der Waals surface area contributed by atoms with Crippen LogP contribution in [-0.2, 0) is 4.74 Å². The lowest BCUT2D eigenvalue weighted by Gasteiger charge is -2.22. The number of nitrogens with two attached hydrogens (primary N) is 1. The van der Waals surface area contributed by atoms with Gasteiger partial charge >= 0.3 is 0 Å². The molecule has 5 heteroatoms. The highest BCUT2D eigenvalue weighted by Gasteiger charge is 2.19. The van der Waals surface area contributed by atoms with Crippen LogP contribution in [-0.4, -0.2) is 49.3 Å². The minimum Gasteiger partial charge on any atom is -0.494 e. The Hall–Kier alpha value is -1.17. The summed E-state index contributed by atoms with van der Waals surface area (Å²) in [4.78, 5) is 2.77. The van der Waals surface area contributed by atoms with Crippen LogP contribution in [0.25, 0.3) is 0 Å². The Morgan fingerprint density at radius 2 is 2.20 bits per heavy atom. The topological polar surface area (TPSA) is 47.7 Å². The molecule has 0 spiro atoms. The van der Waals surface area contributed by atoms with Gasteiger partial charge in [-0.25, -0.2) is 0 Å². The Labute approximate surface area is 125 Å². The van der Waals surface area contributed by atoms with Crippen molar-refractivity contribution in [3.63, 3.8) is 0 Å². The number of hydrogen-bond donors (Lipinski definition) is 1. The predicted octanol–water partition coefficient (Wildman–Crippen LogP) is 1.81. The number of thiocarbonyl (C=S) groups is 1. The zero-order valence-corrected chi connectivity index (χ0v) is 12.7. The van der Waals surface area contributed by atoms with Crippen molar-refractivity contribution >= 4 is 17.2 Å². The van der Waals surface area contributed by atoms with Gasteiger partial charge in [0.1, 0.15) is 10.7 Å². The number of hydrogen-bond acceptors (Lipinski definition) is 4. The molecule has 1 saturated heterocycles. The van der Waals surface area contributed by atoms with E-state index in [1.54, 1.807) is 0 Å². The molecule has 0 radical (unpaired) electrons. The lowest BCUT2D eigenvalue weighted by molar-refractivity contribution is 0.154. The summed E-state index contributed by atoms with van der Waals surface area (Å²) in [6, 6.07) is 8.16. The van der Waals surface area contributed by atoms with Crippen LogP contribution in [0.1, 0.15) is 18.4 Å². The summed E-state index contributed by atoms with van der Waals surface area (Å²) in [6.07, 6.45) is 2.14. The van der Waals surface area contributed by atoms with Gasteiger partial charge in [-0.2, -0.15) is 0 Å². The molecule has 1 heterocycles. The molecule has 1 aromatic rings. The van der Waals surface area contributed by atoms with Gasteiger partial charge in [-0.15, -0.1) is 0 Å². The average molecular weight is 294 g/mol. The quantitative estimate of drug-likeness (QED) is 0.614. The second-order valence-corrected chi connectivity index (χ2v) is 5.53. The minimum absolute atomic E-state index is 0.414. The van der Waals surface area contributed by atoms with Crippen LogP contribution in [0.3, 0.4) is 0 Å². The molecule has 1 atom stereocenters. The van der Waals surface area contributed by atoms with E-state index in [1.807, 2.05) is 24.3 Å². The molecule has 0 bridgehead atoms. The van der Waals surface area contributed by atoms with E-state index < -0.39 is 0 Å². The lowest BCUT2D eigenvalue weighted by atomic mass is 10.2. The molecule has 1 unspecified atom stereocenters. The monoisotopic (exact) mass is 294 g/mol. The standard InChI is InChI=1S/C15H22N2O2S/c1-17(13-7-10-18-11-13)8-2-9-19-14-5-3-12(4-6-14)15(16)20/h3-6,13H,2,7-11H2,1H3,(H2,16,20). The summed E-state index contributed by atoms with van der Waals surface area (Å²) in [7, 11) is 2.15. The Kier molecular flexibility index (Phi) is 5.76. The van der Waals surface area contributed by atoms with E-state index in [0.717, 1.165) is 43.9 Å². The van der Waals surface area contributed by atoms with Crippen molar-refractivity contribution in [2.45, 2.75) is 18.9 Å². The molecule has 2 N–H and O–H groups in total. The Morgan fingerprint density at radius 1 is 1.45 bits per heavy atom. The smallest absolute Gasteiger partial charge is 0.119 e. The fourth-order valence-corrected chi connectivity index (χ4v) is 2.41. The van der Waals surface area contributed by atoms with Gasteiger partial charge in [0.2, 0.25) is 0 Å². The Bertz CT molecular complexity index is 430. The van der Waals surface area contributed by atoms with Crippen LogP contribution >= 0.6 is 12.2 Å². The first kappa shape index (κ1) is 15.2. The summed E-state index contributed by atoms with van der Waals surface area (Å²) in [6.45, 7) is 3.49. The number of likely N-dealkylation sites (N-methyl/N-ethyl adjacent to an activating group) is 1. The first-order valence-electron chi connectivity index (χ1n) is 6.97. The molecule has 20 heavy (non-hydrogen) atoms. The normalized spacial score (nSPS) is 18.4. The van der Waals surface area contributed by atoms with Crippen molar-refractivity contribution in [2.75, 3.05) is 33.4 Å². The molecular formula is C15H22N2O2S. The molecule has 2 rings (SSSR count). The molecule has 1 aliphatic heterocycles. The van der Waals surface area contributed by atoms with E-state index >= 15 is 0 Å². The maximum atomic E-state index is 5.71. The van der Waals surface area contributed by atoms with Crippen molar-refractivity contribution in [1.82, 2.24) is 4.90 Å². The van der Waals surface area contributed by atoms with Crippen LogP contribution in [0, 0.1) is 0 Å². The highest BCUT2D eigenvalue weighted by atomic mass is 32.1.